The van der Waals surface area contributed by atoms with E-state index >= 15 is 0 Å². The number of rotatable bonds is 5. The quantitative estimate of drug-likeness (QED) is 0.870. The van der Waals surface area contributed by atoms with Crippen LogP contribution in [-0.2, 0) is 20.9 Å². The molecule has 124 valence electrons. The van der Waals surface area contributed by atoms with Crippen molar-refractivity contribution in [3.05, 3.63) is 35.9 Å². The van der Waals surface area contributed by atoms with Crippen LogP contribution in [0.1, 0.15) is 31.2 Å². The fourth-order valence-electron chi connectivity index (χ4n) is 3.27. The Hall–Kier alpha value is -2.08. The molecule has 1 aliphatic carbocycles. The monoisotopic (exact) mass is 319 g/mol. The van der Waals surface area contributed by atoms with E-state index in [1.165, 1.54) is 0 Å². The van der Waals surface area contributed by atoms with Crippen LogP contribution in [0.25, 0.3) is 0 Å². The van der Waals surface area contributed by atoms with Gasteiger partial charge in [-0.1, -0.05) is 30.3 Å². The summed E-state index contributed by atoms with van der Waals surface area (Å²) in [5.74, 6) is -0.777. The Balaban J connectivity index is 1.46. The molecule has 0 radical (unpaired) electrons. The van der Waals surface area contributed by atoms with Gasteiger partial charge >= 0.3 is 12.1 Å². The lowest BCUT2D eigenvalue weighted by Crippen LogP contribution is -2.58. The second-order valence-electron chi connectivity index (χ2n) is 6.47. The van der Waals surface area contributed by atoms with Crippen molar-refractivity contribution in [2.45, 2.75) is 37.9 Å². The molecule has 1 aromatic carbocycles. The maximum atomic E-state index is 11.8. The number of carbonyl (C=O) groups excluding carboxylic acids is 1. The van der Waals surface area contributed by atoms with Crippen LogP contribution in [0.15, 0.2) is 30.3 Å². The topological polar surface area (TPSA) is 84.9 Å². The molecule has 1 amide bonds. The van der Waals surface area contributed by atoms with Gasteiger partial charge in [-0.2, -0.15) is 0 Å². The van der Waals surface area contributed by atoms with Gasteiger partial charge in [0.1, 0.15) is 6.61 Å². The zero-order valence-corrected chi connectivity index (χ0v) is 12.9. The number of benzene rings is 1. The van der Waals surface area contributed by atoms with Crippen LogP contribution in [0.5, 0.6) is 0 Å². The van der Waals surface area contributed by atoms with E-state index in [0.717, 1.165) is 5.56 Å². The molecule has 23 heavy (non-hydrogen) atoms. The summed E-state index contributed by atoms with van der Waals surface area (Å²) >= 11 is 0. The molecule has 6 nitrogen and oxygen atoms in total. The Morgan fingerprint density at radius 1 is 1.17 bits per heavy atom. The summed E-state index contributed by atoms with van der Waals surface area (Å²) in [6.45, 7) is 0.808. The Bertz CT molecular complexity index is 561. The highest BCUT2D eigenvalue weighted by Gasteiger charge is 2.53. The van der Waals surface area contributed by atoms with Crippen LogP contribution in [-0.4, -0.2) is 35.9 Å². The van der Waals surface area contributed by atoms with Crippen LogP contribution in [0.4, 0.5) is 4.79 Å². The lowest BCUT2D eigenvalue weighted by Gasteiger charge is -2.50. The molecule has 2 heterocycles. The largest absolute Gasteiger partial charge is 0.481 e. The van der Waals surface area contributed by atoms with Crippen molar-refractivity contribution < 1.29 is 24.2 Å². The van der Waals surface area contributed by atoms with Crippen molar-refractivity contribution in [1.82, 2.24) is 5.32 Å². The minimum absolute atomic E-state index is 0.225. The van der Waals surface area contributed by atoms with Gasteiger partial charge in [0.05, 0.1) is 17.6 Å². The zero-order chi connectivity index (χ0) is 16.3. The van der Waals surface area contributed by atoms with Gasteiger partial charge in [0.2, 0.25) is 0 Å². The highest BCUT2D eigenvalue weighted by molar-refractivity contribution is 5.75. The minimum Gasteiger partial charge on any atom is -0.481 e. The Morgan fingerprint density at radius 2 is 1.87 bits per heavy atom. The standard InChI is InChI=1S/C17H21NO5/c19-14(20)16-6-8-17(9-7-16,23-12-16)11-18-15(21)22-10-13-4-2-1-3-5-13/h1-5H,6-12H2,(H,18,21)(H,19,20). The summed E-state index contributed by atoms with van der Waals surface area (Å²) in [6, 6.07) is 9.47. The Labute approximate surface area is 134 Å². The van der Waals surface area contributed by atoms with Gasteiger partial charge in [-0.05, 0) is 31.2 Å². The highest BCUT2D eigenvalue weighted by atomic mass is 16.5. The third-order valence-electron chi connectivity index (χ3n) is 4.99. The zero-order valence-electron chi connectivity index (χ0n) is 12.9. The van der Waals surface area contributed by atoms with E-state index in [0.29, 0.717) is 32.2 Å². The van der Waals surface area contributed by atoms with Crippen molar-refractivity contribution in [1.29, 1.82) is 0 Å². The van der Waals surface area contributed by atoms with Gasteiger partial charge in [0.25, 0.3) is 0 Å². The van der Waals surface area contributed by atoms with Crippen molar-refractivity contribution in [2.75, 3.05) is 13.2 Å². The minimum atomic E-state index is -0.777. The molecule has 3 aliphatic rings. The van der Waals surface area contributed by atoms with Gasteiger partial charge < -0.3 is 19.9 Å². The highest BCUT2D eigenvalue weighted by Crippen LogP contribution is 2.48. The molecule has 4 rings (SSSR count). The van der Waals surface area contributed by atoms with Gasteiger partial charge in [-0.15, -0.1) is 0 Å². The fourth-order valence-corrected chi connectivity index (χ4v) is 3.27. The van der Waals surface area contributed by atoms with E-state index in [1.54, 1.807) is 0 Å². The van der Waals surface area contributed by atoms with E-state index in [9.17, 15) is 14.7 Å². The van der Waals surface area contributed by atoms with Crippen LogP contribution in [0.2, 0.25) is 0 Å². The molecule has 6 heteroatoms. The molecule has 2 N–H and O–H groups in total. The van der Waals surface area contributed by atoms with E-state index < -0.39 is 23.1 Å². The number of carboxylic acids is 1. The van der Waals surface area contributed by atoms with Crippen LogP contribution in [0.3, 0.4) is 0 Å². The average molecular weight is 319 g/mol. The van der Waals surface area contributed by atoms with E-state index in [1.807, 2.05) is 30.3 Å². The number of carboxylic acid groups (broad SMARTS) is 1. The number of ether oxygens (including phenoxy) is 2. The molecule has 2 saturated heterocycles. The summed E-state index contributed by atoms with van der Waals surface area (Å²) in [5, 5.41) is 12.1. The lowest BCUT2D eigenvalue weighted by atomic mass is 9.66. The maximum Gasteiger partial charge on any atom is 0.407 e. The maximum absolute atomic E-state index is 11.8. The molecule has 3 fully saturated rings. The first-order chi connectivity index (χ1) is 11.0. The van der Waals surface area contributed by atoms with Gasteiger partial charge in [0.15, 0.2) is 0 Å². The molecule has 1 saturated carbocycles. The van der Waals surface area contributed by atoms with Crippen LogP contribution < -0.4 is 5.32 Å². The second kappa shape index (κ2) is 6.20. The van der Waals surface area contributed by atoms with Gasteiger partial charge in [-0.25, -0.2) is 4.79 Å². The third-order valence-corrected chi connectivity index (χ3v) is 4.99. The summed E-state index contributed by atoms with van der Waals surface area (Å²) < 4.78 is 11.0. The predicted molar refractivity (Wildman–Crippen MR) is 81.8 cm³/mol. The number of fused-ring (bicyclic) bond motifs is 3. The first kappa shape index (κ1) is 15.8. The summed E-state index contributed by atoms with van der Waals surface area (Å²) in [5.41, 5.74) is -0.239. The van der Waals surface area contributed by atoms with Crippen LogP contribution in [0, 0.1) is 5.41 Å². The number of carbonyl (C=O) groups is 2. The molecule has 2 aliphatic heterocycles. The van der Waals surface area contributed by atoms with Crippen molar-refractivity contribution in [3.8, 4) is 0 Å². The lowest BCUT2D eigenvalue weighted by molar-refractivity contribution is -0.199. The average Bonchev–Trinajstić information content (AvgIpc) is 2.61. The first-order valence-electron chi connectivity index (χ1n) is 7.86. The molecule has 2 bridgehead atoms. The molecule has 0 atom stereocenters. The fraction of sp³-hybridized carbons (Fsp3) is 0.529. The number of amides is 1. The number of alkyl carbamates (subject to hydrolysis) is 1. The molecular weight excluding hydrogens is 298 g/mol. The predicted octanol–water partition coefficient (Wildman–Crippen LogP) is 2.33. The van der Waals surface area contributed by atoms with E-state index in [2.05, 4.69) is 5.32 Å². The first-order valence-corrected chi connectivity index (χ1v) is 7.86. The van der Waals surface area contributed by atoms with E-state index in [-0.39, 0.29) is 13.2 Å². The SMILES string of the molecule is O=C(NCC12CCC(C(=O)O)(CC1)CO2)OCc1ccccc1. The second-order valence-corrected chi connectivity index (χ2v) is 6.47. The molecule has 1 aromatic rings. The summed E-state index contributed by atoms with van der Waals surface area (Å²) in [7, 11) is 0. The van der Waals surface area contributed by atoms with Gasteiger partial charge in [-0.3, -0.25) is 4.79 Å². The van der Waals surface area contributed by atoms with Crippen molar-refractivity contribution in [3.63, 3.8) is 0 Å². The normalized spacial score (nSPS) is 29.0. The number of hydrogen-bond donors (Lipinski definition) is 2. The van der Waals surface area contributed by atoms with Gasteiger partial charge in [0, 0.05) is 6.54 Å². The summed E-state index contributed by atoms with van der Waals surface area (Å²) in [4.78, 5) is 23.2. The number of nitrogens with one attached hydrogen (secondary N) is 1. The van der Waals surface area contributed by atoms with Crippen molar-refractivity contribution in [2.24, 2.45) is 5.41 Å². The Kier molecular flexibility index (Phi) is 4.26. The van der Waals surface area contributed by atoms with Crippen molar-refractivity contribution >= 4 is 12.1 Å². The Morgan fingerprint density at radius 3 is 2.43 bits per heavy atom. The van der Waals surface area contributed by atoms with Crippen LogP contribution >= 0.6 is 0 Å². The third kappa shape index (κ3) is 3.32. The number of hydrogen-bond acceptors (Lipinski definition) is 4. The molecule has 0 spiro atoms. The molecule has 0 aromatic heterocycles. The summed E-state index contributed by atoms with van der Waals surface area (Å²) in [6.07, 6.45) is 2.02. The smallest absolute Gasteiger partial charge is 0.407 e. The molecule has 0 unspecified atom stereocenters. The number of aliphatic carboxylic acids is 1. The molecular formula is C17H21NO5. The van der Waals surface area contributed by atoms with E-state index in [4.69, 9.17) is 9.47 Å².